The molecule has 1 aromatic heterocycles. The molecule has 0 bridgehead atoms. The largest absolute Gasteiger partial charge is 0.432 e. The smallest absolute Gasteiger partial charge is 0.284 e. The van der Waals surface area contributed by atoms with E-state index in [1.807, 2.05) is 25.3 Å². The van der Waals surface area contributed by atoms with E-state index in [1.165, 1.54) is 11.8 Å². The minimum absolute atomic E-state index is 0.223. The van der Waals surface area contributed by atoms with Gasteiger partial charge in [-0.1, -0.05) is 23.9 Å². The van der Waals surface area contributed by atoms with Crippen LogP contribution in [0.1, 0.15) is 5.56 Å². The van der Waals surface area contributed by atoms with Gasteiger partial charge in [0.2, 0.25) is 0 Å². The molecule has 1 heterocycles. The summed E-state index contributed by atoms with van der Waals surface area (Å²) >= 11 is 1.33. The Balaban J connectivity index is 2.91. The highest BCUT2D eigenvalue weighted by atomic mass is 32.2. The number of fused-ring (bicyclic) bond motifs is 1. The molecule has 0 spiro atoms. The molecular weight excluding hydrogens is 198 g/mol. The van der Waals surface area contributed by atoms with Crippen molar-refractivity contribution in [1.82, 2.24) is 4.98 Å². The predicted octanol–water partition coefficient (Wildman–Crippen LogP) is 2.22. The Bertz CT molecular complexity index is 533. The molecule has 0 fully saturated rings. The molecule has 0 radical (unpaired) electrons. The van der Waals surface area contributed by atoms with Crippen LogP contribution in [0.4, 0.5) is 0 Å². The standard InChI is InChI=1S/C10H9NO2S/c1-6-4-3-5-7-8(6)13-10(14-2)11-9(7)12/h3-5H,1-2H3. The van der Waals surface area contributed by atoms with E-state index < -0.39 is 0 Å². The van der Waals surface area contributed by atoms with E-state index >= 15 is 0 Å². The van der Waals surface area contributed by atoms with Crippen LogP contribution in [0.5, 0.6) is 0 Å². The van der Waals surface area contributed by atoms with Crippen molar-refractivity contribution >= 4 is 22.7 Å². The third-order valence-corrected chi connectivity index (χ3v) is 2.52. The van der Waals surface area contributed by atoms with Gasteiger partial charge in [0, 0.05) is 0 Å². The molecule has 2 aromatic rings. The molecule has 0 N–H and O–H groups in total. The third-order valence-electron chi connectivity index (χ3n) is 2.00. The second-order valence-corrected chi connectivity index (χ2v) is 3.70. The zero-order valence-electron chi connectivity index (χ0n) is 7.90. The number of aryl methyl sites for hydroxylation is 1. The maximum Gasteiger partial charge on any atom is 0.284 e. The Morgan fingerprint density at radius 1 is 1.43 bits per heavy atom. The van der Waals surface area contributed by atoms with Crippen molar-refractivity contribution < 1.29 is 4.42 Å². The van der Waals surface area contributed by atoms with Gasteiger partial charge in [-0.05, 0) is 24.8 Å². The minimum atomic E-state index is -0.223. The van der Waals surface area contributed by atoms with Gasteiger partial charge in [0.05, 0.1) is 5.39 Å². The van der Waals surface area contributed by atoms with Crippen LogP contribution in [-0.4, -0.2) is 11.2 Å². The van der Waals surface area contributed by atoms with Crippen LogP contribution in [0.15, 0.2) is 32.6 Å². The summed E-state index contributed by atoms with van der Waals surface area (Å²) in [4.78, 5) is 15.3. The SMILES string of the molecule is CSc1nc(=O)c2cccc(C)c2o1. The van der Waals surface area contributed by atoms with Gasteiger partial charge in [0.15, 0.2) is 0 Å². The molecule has 0 aliphatic heterocycles. The van der Waals surface area contributed by atoms with E-state index in [1.54, 1.807) is 6.07 Å². The van der Waals surface area contributed by atoms with Crippen LogP contribution in [0, 0.1) is 6.92 Å². The number of hydrogen-bond acceptors (Lipinski definition) is 4. The number of aromatic nitrogens is 1. The Kier molecular flexibility index (Phi) is 2.29. The van der Waals surface area contributed by atoms with Crippen molar-refractivity contribution in [3.8, 4) is 0 Å². The number of hydrogen-bond donors (Lipinski definition) is 0. The highest BCUT2D eigenvalue weighted by Crippen LogP contribution is 2.19. The molecule has 3 nitrogen and oxygen atoms in total. The van der Waals surface area contributed by atoms with E-state index in [9.17, 15) is 4.79 Å². The van der Waals surface area contributed by atoms with Crippen molar-refractivity contribution in [3.05, 3.63) is 34.1 Å². The summed E-state index contributed by atoms with van der Waals surface area (Å²) in [5.41, 5.74) is 1.37. The number of benzene rings is 1. The summed E-state index contributed by atoms with van der Waals surface area (Å²) in [5, 5.41) is 0.958. The average molecular weight is 207 g/mol. The Labute approximate surface area is 85.2 Å². The van der Waals surface area contributed by atoms with Crippen LogP contribution >= 0.6 is 11.8 Å². The monoisotopic (exact) mass is 207 g/mol. The molecule has 72 valence electrons. The highest BCUT2D eigenvalue weighted by molar-refractivity contribution is 7.98. The van der Waals surface area contributed by atoms with Crippen LogP contribution in [-0.2, 0) is 0 Å². The van der Waals surface area contributed by atoms with Crippen molar-refractivity contribution in [2.75, 3.05) is 6.26 Å². The highest BCUT2D eigenvalue weighted by Gasteiger charge is 2.06. The molecule has 4 heteroatoms. The van der Waals surface area contributed by atoms with Gasteiger partial charge in [-0.15, -0.1) is 0 Å². The summed E-state index contributed by atoms with van der Waals surface area (Å²) in [6.45, 7) is 1.91. The second-order valence-electron chi connectivity index (χ2n) is 2.94. The van der Waals surface area contributed by atoms with E-state index in [0.717, 1.165) is 5.56 Å². The fraction of sp³-hybridized carbons (Fsp3) is 0.200. The topological polar surface area (TPSA) is 43.1 Å². The summed E-state index contributed by atoms with van der Waals surface area (Å²) < 4.78 is 5.47. The van der Waals surface area contributed by atoms with Crippen LogP contribution < -0.4 is 5.56 Å². The first-order valence-electron chi connectivity index (χ1n) is 4.17. The number of nitrogens with zero attached hydrogens (tertiary/aromatic N) is 1. The Morgan fingerprint density at radius 2 is 2.21 bits per heavy atom. The lowest BCUT2D eigenvalue weighted by Crippen LogP contribution is -2.06. The minimum Gasteiger partial charge on any atom is -0.432 e. The zero-order valence-corrected chi connectivity index (χ0v) is 8.72. The fourth-order valence-electron chi connectivity index (χ4n) is 1.30. The first-order chi connectivity index (χ1) is 6.72. The molecule has 0 unspecified atom stereocenters. The maximum absolute atomic E-state index is 11.5. The van der Waals surface area contributed by atoms with E-state index in [-0.39, 0.29) is 5.56 Å². The van der Waals surface area contributed by atoms with Crippen molar-refractivity contribution in [2.24, 2.45) is 0 Å². The van der Waals surface area contributed by atoms with Crippen molar-refractivity contribution in [1.29, 1.82) is 0 Å². The average Bonchev–Trinajstić information content (AvgIpc) is 2.19. The summed E-state index contributed by atoms with van der Waals surface area (Å²) in [6.07, 6.45) is 1.83. The molecule has 1 aromatic carbocycles. The first-order valence-corrected chi connectivity index (χ1v) is 5.39. The van der Waals surface area contributed by atoms with Gasteiger partial charge in [-0.3, -0.25) is 4.79 Å². The zero-order chi connectivity index (χ0) is 10.1. The lowest BCUT2D eigenvalue weighted by molar-refractivity contribution is 0.460. The molecule has 14 heavy (non-hydrogen) atoms. The van der Waals surface area contributed by atoms with Crippen molar-refractivity contribution in [3.63, 3.8) is 0 Å². The predicted molar refractivity (Wildman–Crippen MR) is 56.8 cm³/mol. The quantitative estimate of drug-likeness (QED) is 0.672. The Morgan fingerprint density at radius 3 is 2.93 bits per heavy atom. The lowest BCUT2D eigenvalue weighted by atomic mass is 10.2. The molecular formula is C10H9NO2S. The summed E-state index contributed by atoms with van der Waals surface area (Å²) in [5.74, 6) is 0. The van der Waals surface area contributed by atoms with E-state index in [2.05, 4.69) is 4.98 Å². The molecule has 0 amide bonds. The van der Waals surface area contributed by atoms with Crippen molar-refractivity contribution in [2.45, 2.75) is 12.1 Å². The van der Waals surface area contributed by atoms with Crippen LogP contribution in [0.3, 0.4) is 0 Å². The summed E-state index contributed by atoms with van der Waals surface area (Å²) in [6, 6.07) is 5.47. The van der Waals surface area contributed by atoms with Gasteiger partial charge in [-0.2, -0.15) is 4.98 Å². The number of thioether (sulfide) groups is 1. The molecule has 0 aliphatic carbocycles. The lowest BCUT2D eigenvalue weighted by Gasteiger charge is -2.00. The molecule has 2 rings (SSSR count). The molecule has 0 aliphatic rings. The van der Waals surface area contributed by atoms with Gasteiger partial charge in [-0.25, -0.2) is 0 Å². The third kappa shape index (κ3) is 1.42. The molecule has 0 saturated heterocycles. The first kappa shape index (κ1) is 9.27. The molecule has 0 atom stereocenters. The maximum atomic E-state index is 11.5. The van der Waals surface area contributed by atoms with Crippen LogP contribution in [0.2, 0.25) is 0 Å². The number of para-hydroxylation sites is 1. The fourth-order valence-corrected chi connectivity index (χ4v) is 1.64. The Hall–Kier alpha value is -1.29. The molecule has 0 saturated carbocycles. The summed E-state index contributed by atoms with van der Waals surface area (Å²) in [7, 11) is 0. The van der Waals surface area contributed by atoms with Gasteiger partial charge >= 0.3 is 0 Å². The van der Waals surface area contributed by atoms with Gasteiger partial charge in [0.25, 0.3) is 10.8 Å². The second kappa shape index (κ2) is 3.46. The van der Waals surface area contributed by atoms with E-state index in [4.69, 9.17) is 4.42 Å². The van der Waals surface area contributed by atoms with Gasteiger partial charge in [0.1, 0.15) is 5.58 Å². The number of rotatable bonds is 1. The van der Waals surface area contributed by atoms with E-state index in [0.29, 0.717) is 16.2 Å². The van der Waals surface area contributed by atoms with Crippen LogP contribution in [0.25, 0.3) is 11.0 Å². The normalized spacial score (nSPS) is 10.7. The van der Waals surface area contributed by atoms with Gasteiger partial charge < -0.3 is 4.42 Å².